The van der Waals surface area contributed by atoms with Crippen molar-refractivity contribution in [3.63, 3.8) is 0 Å². The Bertz CT molecular complexity index is 471. The molecule has 5 heteroatoms. The molecule has 0 N–H and O–H groups in total. The van der Waals surface area contributed by atoms with Gasteiger partial charge in [-0.25, -0.2) is 4.39 Å². The van der Waals surface area contributed by atoms with Gasteiger partial charge in [-0.1, -0.05) is 11.6 Å². The van der Waals surface area contributed by atoms with E-state index in [1.807, 2.05) is 0 Å². The fourth-order valence-electron chi connectivity index (χ4n) is 1.21. The van der Waals surface area contributed by atoms with Crippen molar-refractivity contribution in [2.75, 3.05) is 0 Å². The summed E-state index contributed by atoms with van der Waals surface area (Å²) in [6.45, 7) is 0. The van der Waals surface area contributed by atoms with Gasteiger partial charge in [0.05, 0.1) is 14.9 Å². The van der Waals surface area contributed by atoms with E-state index in [1.54, 1.807) is 0 Å². The summed E-state index contributed by atoms with van der Waals surface area (Å²) in [5.74, 6) is -0.439. The third kappa shape index (κ3) is 1.44. The van der Waals surface area contributed by atoms with Crippen LogP contribution in [0.4, 0.5) is 4.39 Å². The molecule has 1 aromatic heterocycles. The van der Waals surface area contributed by atoms with E-state index in [-0.39, 0.29) is 4.47 Å². The molecule has 2 rings (SSSR count). The van der Waals surface area contributed by atoms with Crippen molar-refractivity contribution >= 4 is 38.4 Å². The third-order valence-electron chi connectivity index (χ3n) is 1.89. The van der Waals surface area contributed by atoms with Gasteiger partial charge in [0.25, 0.3) is 0 Å². The summed E-state index contributed by atoms with van der Waals surface area (Å²) < 4.78 is 14.0. The highest BCUT2D eigenvalue weighted by molar-refractivity contribution is 9.10. The zero-order chi connectivity index (χ0) is 10.3. The minimum atomic E-state index is -0.439. The molecule has 0 saturated carbocycles. The largest absolute Gasteiger partial charge is 0.618 e. The molecule has 0 atom stereocenters. The van der Waals surface area contributed by atoms with Crippen LogP contribution in [0, 0.1) is 11.0 Å². The quantitative estimate of drug-likeness (QED) is 0.537. The van der Waals surface area contributed by atoms with Gasteiger partial charge in [-0.15, -0.1) is 0 Å². The average molecular weight is 276 g/mol. The van der Waals surface area contributed by atoms with E-state index in [2.05, 4.69) is 15.9 Å². The molecule has 1 aromatic carbocycles. The summed E-state index contributed by atoms with van der Waals surface area (Å²) in [5, 5.41) is 12.1. The highest BCUT2D eigenvalue weighted by Crippen LogP contribution is 2.25. The molecule has 14 heavy (non-hydrogen) atoms. The molecule has 0 unspecified atom stereocenters. The van der Waals surface area contributed by atoms with Gasteiger partial charge in [0, 0.05) is 12.1 Å². The van der Waals surface area contributed by atoms with Gasteiger partial charge >= 0.3 is 0 Å². The summed E-state index contributed by atoms with van der Waals surface area (Å²) in [6, 6.07) is 4.07. The Morgan fingerprint density at radius 2 is 2.14 bits per heavy atom. The lowest BCUT2D eigenvalue weighted by Gasteiger charge is -2.03. The van der Waals surface area contributed by atoms with Crippen LogP contribution in [0.5, 0.6) is 0 Å². The Morgan fingerprint density at radius 1 is 1.43 bits per heavy atom. The first-order valence-electron chi connectivity index (χ1n) is 3.76. The molecular formula is C9H4BrClFNO. The molecule has 72 valence electrons. The molecule has 0 radical (unpaired) electrons. The summed E-state index contributed by atoms with van der Waals surface area (Å²) in [5.41, 5.74) is 0.339. The molecule has 0 amide bonds. The van der Waals surface area contributed by atoms with Crippen LogP contribution in [0.25, 0.3) is 10.9 Å². The Hall–Kier alpha value is -0.870. The topological polar surface area (TPSA) is 26.9 Å². The monoisotopic (exact) mass is 275 g/mol. The number of hydrogen-bond donors (Lipinski definition) is 0. The van der Waals surface area contributed by atoms with Crippen molar-refractivity contribution in [2.24, 2.45) is 0 Å². The third-order valence-corrected chi connectivity index (χ3v) is 2.83. The molecular weight excluding hydrogens is 272 g/mol. The van der Waals surface area contributed by atoms with Gasteiger partial charge in [-0.2, -0.15) is 4.73 Å². The molecule has 2 nitrogen and oxygen atoms in total. The molecule has 0 aliphatic carbocycles. The summed E-state index contributed by atoms with van der Waals surface area (Å²) in [6.07, 6.45) is 1.29. The standard InChI is InChI=1S/C9H4BrClFNO/c10-6-4-9-5(3-8(6)12)7(11)1-2-13(9)14/h1-4H. The van der Waals surface area contributed by atoms with Crippen LogP contribution >= 0.6 is 27.5 Å². The zero-order valence-corrected chi connectivity index (χ0v) is 9.14. The zero-order valence-electron chi connectivity index (χ0n) is 6.80. The van der Waals surface area contributed by atoms with Gasteiger partial charge in [0.15, 0.2) is 6.20 Å². The van der Waals surface area contributed by atoms with Crippen LogP contribution in [0.2, 0.25) is 5.02 Å². The van der Waals surface area contributed by atoms with E-state index in [0.29, 0.717) is 20.7 Å². The smallest absolute Gasteiger partial charge is 0.226 e. The maximum absolute atomic E-state index is 13.1. The maximum Gasteiger partial charge on any atom is 0.226 e. The average Bonchev–Trinajstić information content (AvgIpc) is 2.15. The van der Waals surface area contributed by atoms with Crippen LogP contribution in [-0.2, 0) is 0 Å². The first-order chi connectivity index (χ1) is 6.59. The molecule has 0 aliphatic rings. The first kappa shape index (κ1) is 9.68. The lowest BCUT2D eigenvalue weighted by atomic mass is 10.2. The van der Waals surface area contributed by atoms with Crippen molar-refractivity contribution in [3.8, 4) is 0 Å². The van der Waals surface area contributed by atoms with E-state index in [9.17, 15) is 9.60 Å². The van der Waals surface area contributed by atoms with Crippen molar-refractivity contribution in [3.05, 3.63) is 44.9 Å². The molecule has 0 aliphatic heterocycles. The predicted octanol–water partition coefficient (Wildman–Crippen LogP) is 3.03. The highest BCUT2D eigenvalue weighted by atomic mass is 79.9. The summed E-state index contributed by atoms with van der Waals surface area (Å²) >= 11 is 8.82. The Kier molecular flexibility index (Phi) is 2.33. The summed E-state index contributed by atoms with van der Waals surface area (Å²) in [7, 11) is 0. The van der Waals surface area contributed by atoms with Crippen molar-refractivity contribution in [1.29, 1.82) is 0 Å². The van der Waals surface area contributed by atoms with E-state index >= 15 is 0 Å². The highest BCUT2D eigenvalue weighted by Gasteiger charge is 2.11. The van der Waals surface area contributed by atoms with E-state index in [0.717, 1.165) is 0 Å². The fraction of sp³-hybridized carbons (Fsp3) is 0. The Balaban J connectivity index is 2.94. The number of benzene rings is 1. The molecule has 0 spiro atoms. The van der Waals surface area contributed by atoms with Crippen molar-refractivity contribution < 1.29 is 9.12 Å². The second-order valence-corrected chi connectivity index (χ2v) is 4.03. The number of hydrogen-bond acceptors (Lipinski definition) is 1. The Morgan fingerprint density at radius 3 is 2.86 bits per heavy atom. The minimum absolute atomic E-state index is 0.247. The molecule has 0 fully saturated rings. The van der Waals surface area contributed by atoms with Gasteiger partial charge in [0.2, 0.25) is 5.52 Å². The number of pyridine rings is 1. The van der Waals surface area contributed by atoms with Crippen LogP contribution in [0.3, 0.4) is 0 Å². The van der Waals surface area contributed by atoms with Crippen LogP contribution < -0.4 is 4.73 Å². The van der Waals surface area contributed by atoms with E-state index in [1.165, 1.54) is 24.4 Å². The maximum atomic E-state index is 13.1. The number of aromatic nitrogens is 1. The van der Waals surface area contributed by atoms with Crippen LogP contribution in [0.1, 0.15) is 0 Å². The molecule has 0 bridgehead atoms. The van der Waals surface area contributed by atoms with Gasteiger partial charge in [-0.3, -0.25) is 0 Å². The molecule has 0 saturated heterocycles. The number of rotatable bonds is 0. The lowest BCUT2D eigenvalue weighted by Crippen LogP contribution is -2.26. The van der Waals surface area contributed by atoms with Gasteiger partial charge < -0.3 is 5.21 Å². The first-order valence-corrected chi connectivity index (χ1v) is 4.93. The van der Waals surface area contributed by atoms with Crippen LogP contribution in [-0.4, -0.2) is 0 Å². The molecule has 1 heterocycles. The lowest BCUT2D eigenvalue weighted by molar-refractivity contribution is -0.577. The minimum Gasteiger partial charge on any atom is -0.618 e. The van der Waals surface area contributed by atoms with Crippen molar-refractivity contribution in [1.82, 2.24) is 0 Å². The number of halogens is 3. The fourth-order valence-corrected chi connectivity index (χ4v) is 1.75. The second kappa shape index (κ2) is 3.37. The van der Waals surface area contributed by atoms with Gasteiger partial charge in [-0.05, 0) is 22.0 Å². The Labute approximate surface area is 92.6 Å². The number of nitrogens with zero attached hydrogens (tertiary/aromatic N) is 1. The van der Waals surface area contributed by atoms with E-state index < -0.39 is 5.82 Å². The second-order valence-electron chi connectivity index (χ2n) is 2.77. The van der Waals surface area contributed by atoms with Crippen LogP contribution in [0.15, 0.2) is 28.9 Å². The van der Waals surface area contributed by atoms with Gasteiger partial charge in [0.1, 0.15) is 5.82 Å². The van der Waals surface area contributed by atoms with E-state index in [4.69, 9.17) is 11.6 Å². The SMILES string of the molecule is [O-][n+]1ccc(Cl)c2cc(F)c(Br)cc21. The summed E-state index contributed by atoms with van der Waals surface area (Å²) in [4.78, 5) is 0. The molecule has 2 aromatic rings. The normalized spacial score (nSPS) is 10.8. The number of fused-ring (bicyclic) bond motifs is 1. The van der Waals surface area contributed by atoms with Crippen molar-refractivity contribution in [2.45, 2.75) is 0 Å². The predicted molar refractivity (Wildman–Crippen MR) is 55.6 cm³/mol.